The first-order valence-electron chi connectivity index (χ1n) is 6.56. The molecular weight excluding hydrogens is 303 g/mol. The fourth-order valence-corrected chi connectivity index (χ4v) is 4.81. The fourth-order valence-electron chi connectivity index (χ4n) is 2.72. The van der Waals surface area contributed by atoms with Gasteiger partial charge in [-0.1, -0.05) is 18.0 Å². The minimum absolute atomic E-state index is 0.170. The van der Waals surface area contributed by atoms with Crippen LogP contribution in [0.15, 0.2) is 23.1 Å². The lowest BCUT2D eigenvalue weighted by atomic mass is 10.00. The SMILES string of the molecule is CC1CCCC(CN)N1S(=O)(=O)c1ccc(Cl)cc1F. The largest absolute Gasteiger partial charge is 0.329 e. The van der Waals surface area contributed by atoms with Gasteiger partial charge < -0.3 is 5.73 Å². The highest BCUT2D eigenvalue weighted by Gasteiger charge is 2.38. The van der Waals surface area contributed by atoms with Crippen LogP contribution in [0.3, 0.4) is 0 Å². The monoisotopic (exact) mass is 320 g/mol. The molecule has 2 rings (SSSR count). The van der Waals surface area contributed by atoms with Gasteiger partial charge in [0.05, 0.1) is 0 Å². The summed E-state index contributed by atoms with van der Waals surface area (Å²) in [6.07, 6.45) is 2.39. The summed E-state index contributed by atoms with van der Waals surface area (Å²) < 4.78 is 40.7. The standard InChI is InChI=1S/C13H18ClFN2O2S/c1-9-3-2-4-11(8-16)17(9)20(18,19)13-6-5-10(14)7-12(13)15/h5-7,9,11H,2-4,8,16H2,1H3. The maximum atomic E-state index is 13.9. The van der Waals surface area contributed by atoms with Crippen LogP contribution in [-0.4, -0.2) is 31.4 Å². The zero-order valence-electron chi connectivity index (χ0n) is 11.2. The number of nitrogens with zero attached hydrogens (tertiary/aromatic N) is 1. The molecule has 7 heteroatoms. The molecule has 0 aliphatic carbocycles. The van der Waals surface area contributed by atoms with Crippen LogP contribution in [0, 0.1) is 5.82 Å². The highest BCUT2D eigenvalue weighted by Crippen LogP contribution is 2.31. The number of hydrogen-bond donors (Lipinski definition) is 1. The van der Waals surface area contributed by atoms with Crippen molar-refractivity contribution in [3.05, 3.63) is 29.0 Å². The second-order valence-corrected chi connectivity index (χ2v) is 7.33. The van der Waals surface area contributed by atoms with E-state index in [9.17, 15) is 12.8 Å². The van der Waals surface area contributed by atoms with Gasteiger partial charge in [0.1, 0.15) is 10.7 Å². The summed E-state index contributed by atoms with van der Waals surface area (Å²) in [5.41, 5.74) is 5.67. The molecule has 1 saturated heterocycles. The molecule has 20 heavy (non-hydrogen) atoms. The minimum atomic E-state index is -3.90. The van der Waals surface area contributed by atoms with Crippen LogP contribution >= 0.6 is 11.6 Å². The number of piperidine rings is 1. The molecule has 0 bridgehead atoms. The van der Waals surface area contributed by atoms with Crippen molar-refractivity contribution in [1.29, 1.82) is 0 Å². The van der Waals surface area contributed by atoms with Gasteiger partial charge in [-0.3, -0.25) is 0 Å². The molecule has 0 spiro atoms. The van der Waals surface area contributed by atoms with Crippen LogP contribution in [0.5, 0.6) is 0 Å². The molecular formula is C13H18ClFN2O2S. The Hall–Kier alpha value is -0.690. The van der Waals surface area contributed by atoms with E-state index >= 15 is 0 Å². The van der Waals surface area contributed by atoms with Gasteiger partial charge in [0.2, 0.25) is 10.0 Å². The van der Waals surface area contributed by atoms with Crippen molar-refractivity contribution in [3.8, 4) is 0 Å². The maximum absolute atomic E-state index is 13.9. The van der Waals surface area contributed by atoms with E-state index in [4.69, 9.17) is 17.3 Å². The van der Waals surface area contributed by atoms with Crippen molar-refractivity contribution in [2.24, 2.45) is 5.73 Å². The molecule has 2 atom stereocenters. The Morgan fingerprint density at radius 1 is 1.45 bits per heavy atom. The lowest BCUT2D eigenvalue weighted by Crippen LogP contribution is -2.51. The molecule has 0 radical (unpaired) electrons. The Morgan fingerprint density at radius 3 is 2.75 bits per heavy atom. The van der Waals surface area contributed by atoms with E-state index in [-0.39, 0.29) is 28.5 Å². The molecule has 1 aliphatic rings. The maximum Gasteiger partial charge on any atom is 0.246 e. The predicted molar refractivity (Wildman–Crippen MR) is 76.6 cm³/mol. The predicted octanol–water partition coefficient (Wildman–Crippen LogP) is 2.37. The molecule has 0 saturated carbocycles. The first-order chi connectivity index (χ1) is 9.37. The second kappa shape index (κ2) is 5.97. The first-order valence-corrected chi connectivity index (χ1v) is 8.38. The van der Waals surface area contributed by atoms with E-state index < -0.39 is 15.8 Å². The first kappa shape index (κ1) is 15.7. The van der Waals surface area contributed by atoms with Crippen LogP contribution in [0.1, 0.15) is 26.2 Å². The lowest BCUT2D eigenvalue weighted by molar-refractivity contribution is 0.195. The van der Waals surface area contributed by atoms with Crippen molar-refractivity contribution < 1.29 is 12.8 Å². The van der Waals surface area contributed by atoms with Gasteiger partial charge in [0.15, 0.2) is 0 Å². The number of nitrogens with two attached hydrogens (primary N) is 1. The van der Waals surface area contributed by atoms with Crippen LogP contribution < -0.4 is 5.73 Å². The molecule has 2 unspecified atom stereocenters. The number of rotatable bonds is 3. The molecule has 1 heterocycles. The summed E-state index contributed by atoms with van der Waals surface area (Å²) in [4.78, 5) is -0.339. The Kier molecular flexibility index (Phi) is 4.69. The summed E-state index contributed by atoms with van der Waals surface area (Å²) in [6, 6.07) is 3.14. The number of benzene rings is 1. The minimum Gasteiger partial charge on any atom is -0.329 e. The van der Waals surface area contributed by atoms with Gasteiger partial charge in [-0.25, -0.2) is 12.8 Å². The van der Waals surface area contributed by atoms with Crippen LogP contribution in [0.4, 0.5) is 4.39 Å². The van der Waals surface area contributed by atoms with Crippen LogP contribution in [-0.2, 0) is 10.0 Å². The summed E-state index contributed by atoms with van der Waals surface area (Å²) in [5, 5.41) is 0.170. The van der Waals surface area contributed by atoms with E-state index in [1.807, 2.05) is 6.92 Å². The summed E-state index contributed by atoms with van der Waals surface area (Å²) in [5.74, 6) is -0.828. The van der Waals surface area contributed by atoms with Crippen molar-refractivity contribution in [2.45, 2.75) is 43.2 Å². The van der Waals surface area contributed by atoms with Gasteiger partial charge in [0.25, 0.3) is 0 Å². The molecule has 1 aliphatic heterocycles. The number of halogens is 2. The van der Waals surface area contributed by atoms with E-state index in [1.54, 1.807) is 0 Å². The van der Waals surface area contributed by atoms with E-state index in [1.165, 1.54) is 16.4 Å². The van der Waals surface area contributed by atoms with Crippen LogP contribution in [0.25, 0.3) is 0 Å². The van der Waals surface area contributed by atoms with Gasteiger partial charge in [0, 0.05) is 23.7 Å². The normalized spacial score (nSPS) is 24.8. The molecule has 1 aromatic carbocycles. The summed E-state index contributed by atoms with van der Waals surface area (Å²) in [7, 11) is -3.90. The smallest absolute Gasteiger partial charge is 0.246 e. The van der Waals surface area contributed by atoms with Gasteiger partial charge >= 0.3 is 0 Å². The highest BCUT2D eigenvalue weighted by atomic mass is 35.5. The van der Waals surface area contributed by atoms with Crippen molar-refractivity contribution in [1.82, 2.24) is 4.31 Å². The molecule has 0 amide bonds. The Bertz CT molecular complexity index is 594. The third-order valence-electron chi connectivity index (χ3n) is 3.68. The van der Waals surface area contributed by atoms with E-state index in [0.717, 1.165) is 18.9 Å². The quantitative estimate of drug-likeness (QED) is 0.930. The van der Waals surface area contributed by atoms with Crippen molar-refractivity contribution in [2.75, 3.05) is 6.54 Å². The summed E-state index contributed by atoms with van der Waals surface area (Å²) >= 11 is 5.67. The zero-order chi connectivity index (χ0) is 14.9. The molecule has 1 aromatic rings. The zero-order valence-corrected chi connectivity index (χ0v) is 12.8. The fraction of sp³-hybridized carbons (Fsp3) is 0.538. The Morgan fingerprint density at radius 2 is 2.15 bits per heavy atom. The average Bonchev–Trinajstić information content (AvgIpc) is 2.37. The van der Waals surface area contributed by atoms with Gasteiger partial charge in [-0.2, -0.15) is 4.31 Å². The molecule has 4 nitrogen and oxygen atoms in total. The summed E-state index contributed by atoms with van der Waals surface area (Å²) in [6.45, 7) is 2.06. The molecule has 112 valence electrons. The van der Waals surface area contributed by atoms with Gasteiger partial charge in [-0.15, -0.1) is 0 Å². The van der Waals surface area contributed by atoms with E-state index in [2.05, 4.69) is 0 Å². The Labute approximate surface area is 123 Å². The topological polar surface area (TPSA) is 63.4 Å². The average molecular weight is 321 g/mol. The number of sulfonamides is 1. The Balaban J connectivity index is 2.47. The lowest BCUT2D eigenvalue weighted by Gasteiger charge is -2.38. The van der Waals surface area contributed by atoms with Gasteiger partial charge in [-0.05, 0) is 38.0 Å². The van der Waals surface area contributed by atoms with Crippen molar-refractivity contribution >= 4 is 21.6 Å². The van der Waals surface area contributed by atoms with Crippen molar-refractivity contribution in [3.63, 3.8) is 0 Å². The van der Waals surface area contributed by atoms with E-state index in [0.29, 0.717) is 6.42 Å². The third kappa shape index (κ3) is 2.83. The molecule has 2 N–H and O–H groups in total. The molecule has 0 aromatic heterocycles. The number of hydrogen-bond acceptors (Lipinski definition) is 3. The highest BCUT2D eigenvalue weighted by molar-refractivity contribution is 7.89. The third-order valence-corrected chi connectivity index (χ3v) is 6.01. The molecule has 1 fully saturated rings. The second-order valence-electron chi connectivity index (χ2n) is 5.08. The van der Waals surface area contributed by atoms with Crippen LogP contribution in [0.2, 0.25) is 5.02 Å².